The minimum absolute atomic E-state index is 0.258. The summed E-state index contributed by atoms with van der Waals surface area (Å²) in [5.74, 6) is 0.699. The molecule has 0 aliphatic rings. The highest BCUT2D eigenvalue weighted by Crippen LogP contribution is 2.04. The smallest absolute Gasteiger partial charge is 0.225 e. The topological polar surface area (TPSA) is 64.3 Å². The third-order valence-electron chi connectivity index (χ3n) is 2.15. The maximum atomic E-state index is 5.48. The fourth-order valence-electron chi connectivity index (χ4n) is 1.18. The molecule has 1 heterocycles. The molecule has 0 bridgehead atoms. The molecule has 0 saturated carbocycles. The van der Waals surface area contributed by atoms with Crippen LogP contribution in [0, 0.1) is 0 Å². The van der Waals surface area contributed by atoms with Crippen LogP contribution in [-0.4, -0.2) is 36.3 Å². The maximum Gasteiger partial charge on any atom is 0.225 e. The van der Waals surface area contributed by atoms with E-state index in [1.165, 1.54) is 0 Å². The normalized spacial score (nSPS) is 10.8. The summed E-state index contributed by atoms with van der Waals surface area (Å²) in [7, 11) is 1.95. The summed E-state index contributed by atoms with van der Waals surface area (Å²) in [4.78, 5) is 10.4. The predicted octanol–water partition coefficient (Wildman–Crippen LogP) is 0.796. The zero-order valence-corrected chi connectivity index (χ0v) is 10.2. The Kier molecular flexibility index (Phi) is 5.14. The Bertz CT molecular complexity index is 299. The lowest BCUT2D eigenvalue weighted by Gasteiger charge is -2.17. The molecule has 0 fully saturated rings. The van der Waals surface area contributed by atoms with Gasteiger partial charge in [-0.3, -0.25) is 0 Å². The highest BCUT2D eigenvalue weighted by Gasteiger charge is 2.04. The van der Waals surface area contributed by atoms with Gasteiger partial charge in [0.05, 0.1) is 12.7 Å². The molecule has 0 aromatic carbocycles. The molecule has 0 amide bonds. The quantitative estimate of drug-likeness (QED) is 0.774. The van der Waals surface area contributed by atoms with Crippen LogP contribution in [-0.2, 0) is 11.3 Å². The van der Waals surface area contributed by atoms with Gasteiger partial charge in [0.2, 0.25) is 5.95 Å². The number of likely N-dealkylation sites (N-methyl/N-ethyl adjacent to an activating group) is 1. The minimum Gasteiger partial charge on any atom is -0.377 e. The van der Waals surface area contributed by atoms with Crippen LogP contribution in [0.4, 0.5) is 5.95 Å². The van der Waals surface area contributed by atoms with Crippen LogP contribution in [0.5, 0.6) is 0 Å². The number of nitrogens with zero attached hydrogens (tertiary/aromatic N) is 3. The molecule has 0 atom stereocenters. The summed E-state index contributed by atoms with van der Waals surface area (Å²) >= 11 is 0. The first kappa shape index (κ1) is 12.9. The lowest BCUT2D eigenvalue weighted by molar-refractivity contribution is 0.0844. The van der Waals surface area contributed by atoms with E-state index in [-0.39, 0.29) is 6.10 Å². The first-order valence-electron chi connectivity index (χ1n) is 5.47. The molecule has 0 aliphatic heterocycles. The van der Waals surface area contributed by atoms with Crippen molar-refractivity contribution in [2.45, 2.75) is 26.5 Å². The summed E-state index contributed by atoms with van der Waals surface area (Å²) in [5, 5.41) is 0. The fraction of sp³-hybridized carbons (Fsp3) is 0.636. The molecule has 16 heavy (non-hydrogen) atoms. The van der Waals surface area contributed by atoms with Crippen molar-refractivity contribution >= 4 is 5.95 Å². The van der Waals surface area contributed by atoms with E-state index in [9.17, 15) is 0 Å². The summed E-state index contributed by atoms with van der Waals surface area (Å²) in [6, 6.07) is 0. The number of anilines is 1. The largest absolute Gasteiger partial charge is 0.377 e. The molecule has 0 saturated heterocycles. The van der Waals surface area contributed by atoms with Gasteiger partial charge in [0.15, 0.2) is 0 Å². The second-order valence-corrected chi connectivity index (χ2v) is 3.94. The van der Waals surface area contributed by atoms with Crippen molar-refractivity contribution < 1.29 is 4.74 Å². The number of rotatable bonds is 6. The number of aromatic nitrogens is 2. The van der Waals surface area contributed by atoms with E-state index in [4.69, 9.17) is 10.5 Å². The molecule has 5 nitrogen and oxygen atoms in total. The Morgan fingerprint density at radius 1 is 1.38 bits per heavy atom. The van der Waals surface area contributed by atoms with Gasteiger partial charge in [0, 0.05) is 38.1 Å². The lowest BCUT2D eigenvalue weighted by atomic mass is 10.3. The van der Waals surface area contributed by atoms with Crippen molar-refractivity contribution in [3.8, 4) is 0 Å². The third kappa shape index (κ3) is 4.12. The molecule has 1 aromatic rings. The van der Waals surface area contributed by atoms with Gasteiger partial charge in [-0.1, -0.05) is 0 Å². The standard InChI is InChI=1S/C11H20N4O/c1-9(2)16-5-4-15(3)11-13-7-10(6-12)8-14-11/h7-9H,4-6,12H2,1-3H3. The van der Waals surface area contributed by atoms with E-state index in [0.29, 0.717) is 19.1 Å². The zero-order chi connectivity index (χ0) is 12.0. The highest BCUT2D eigenvalue weighted by atomic mass is 16.5. The molecule has 1 aromatic heterocycles. The molecular formula is C11H20N4O. The van der Waals surface area contributed by atoms with Crippen LogP contribution in [0.1, 0.15) is 19.4 Å². The summed E-state index contributed by atoms with van der Waals surface area (Å²) in [6.07, 6.45) is 3.76. The molecule has 0 radical (unpaired) electrons. The number of nitrogens with two attached hydrogens (primary N) is 1. The van der Waals surface area contributed by atoms with Crippen LogP contribution in [0.15, 0.2) is 12.4 Å². The van der Waals surface area contributed by atoms with Gasteiger partial charge in [0.25, 0.3) is 0 Å². The molecular weight excluding hydrogens is 204 g/mol. The Morgan fingerprint density at radius 2 is 2.00 bits per heavy atom. The van der Waals surface area contributed by atoms with Crippen molar-refractivity contribution in [3.05, 3.63) is 18.0 Å². The van der Waals surface area contributed by atoms with E-state index in [1.807, 2.05) is 25.8 Å². The molecule has 0 unspecified atom stereocenters. The van der Waals surface area contributed by atoms with Crippen LogP contribution >= 0.6 is 0 Å². The molecule has 0 spiro atoms. The van der Waals surface area contributed by atoms with Crippen LogP contribution in [0.3, 0.4) is 0 Å². The van der Waals surface area contributed by atoms with Gasteiger partial charge in [-0.05, 0) is 13.8 Å². The van der Waals surface area contributed by atoms with E-state index >= 15 is 0 Å². The summed E-state index contributed by atoms with van der Waals surface area (Å²) in [6.45, 7) is 5.97. The minimum atomic E-state index is 0.258. The van der Waals surface area contributed by atoms with E-state index in [2.05, 4.69) is 9.97 Å². The highest BCUT2D eigenvalue weighted by molar-refractivity contribution is 5.28. The monoisotopic (exact) mass is 224 g/mol. The van der Waals surface area contributed by atoms with Gasteiger partial charge in [-0.15, -0.1) is 0 Å². The average molecular weight is 224 g/mol. The SMILES string of the molecule is CC(C)OCCN(C)c1ncc(CN)cn1. The molecule has 5 heteroatoms. The van der Waals surface area contributed by atoms with Crippen LogP contribution in [0.2, 0.25) is 0 Å². The maximum absolute atomic E-state index is 5.48. The number of hydrogen-bond donors (Lipinski definition) is 1. The summed E-state index contributed by atoms with van der Waals surface area (Å²) < 4.78 is 5.46. The average Bonchev–Trinajstić information content (AvgIpc) is 2.28. The predicted molar refractivity (Wildman–Crippen MR) is 64.3 cm³/mol. The number of hydrogen-bond acceptors (Lipinski definition) is 5. The second-order valence-electron chi connectivity index (χ2n) is 3.94. The van der Waals surface area contributed by atoms with Gasteiger partial charge in [-0.2, -0.15) is 0 Å². The van der Waals surface area contributed by atoms with Crippen molar-refractivity contribution in [1.29, 1.82) is 0 Å². The molecule has 1 rings (SSSR count). The van der Waals surface area contributed by atoms with E-state index < -0.39 is 0 Å². The Balaban J connectivity index is 2.43. The fourth-order valence-corrected chi connectivity index (χ4v) is 1.18. The lowest BCUT2D eigenvalue weighted by Crippen LogP contribution is -2.25. The van der Waals surface area contributed by atoms with Crippen molar-refractivity contribution in [2.24, 2.45) is 5.73 Å². The van der Waals surface area contributed by atoms with Crippen molar-refractivity contribution in [3.63, 3.8) is 0 Å². The summed E-state index contributed by atoms with van der Waals surface area (Å²) in [5.41, 5.74) is 6.42. The first-order chi connectivity index (χ1) is 7.63. The Labute approximate surface area is 96.6 Å². The molecule has 2 N–H and O–H groups in total. The molecule has 0 aliphatic carbocycles. The first-order valence-corrected chi connectivity index (χ1v) is 5.47. The Morgan fingerprint density at radius 3 is 2.50 bits per heavy atom. The van der Waals surface area contributed by atoms with E-state index in [0.717, 1.165) is 12.1 Å². The number of ether oxygens (including phenoxy) is 1. The van der Waals surface area contributed by atoms with Gasteiger partial charge in [-0.25, -0.2) is 9.97 Å². The third-order valence-corrected chi connectivity index (χ3v) is 2.15. The van der Waals surface area contributed by atoms with Gasteiger partial charge in [0.1, 0.15) is 0 Å². The second kappa shape index (κ2) is 6.40. The van der Waals surface area contributed by atoms with Gasteiger partial charge < -0.3 is 15.4 Å². The zero-order valence-electron chi connectivity index (χ0n) is 10.2. The van der Waals surface area contributed by atoms with Gasteiger partial charge >= 0.3 is 0 Å². The van der Waals surface area contributed by atoms with Crippen LogP contribution < -0.4 is 10.6 Å². The van der Waals surface area contributed by atoms with Crippen molar-refractivity contribution in [1.82, 2.24) is 9.97 Å². The van der Waals surface area contributed by atoms with Crippen molar-refractivity contribution in [2.75, 3.05) is 25.1 Å². The Hall–Kier alpha value is -1.20. The molecule has 90 valence electrons. The van der Waals surface area contributed by atoms with Crippen LogP contribution in [0.25, 0.3) is 0 Å². The van der Waals surface area contributed by atoms with E-state index in [1.54, 1.807) is 12.4 Å².